The molecule has 0 N–H and O–H groups in total. The zero-order chi connectivity index (χ0) is 17.6. The fourth-order valence-electron chi connectivity index (χ4n) is 3.21. The molecule has 1 fully saturated rings. The summed E-state index contributed by atoms with van der Waals surface area (Å²) in [6, 6.07) is 14.6. The van der Waals surface area contributed by atoms with Gasteiger partial charge in [-0.2, -0.15) is 0 Å². The Morgan fingerprint density at radius 2 is 1.92 bits per heavy atom. The predicted octanol–water partition coefficient (Wildman–Crippen LogP) is 4.72. The minimum atomic E-state index is -0.0482. The highest BCUT2D eigenvalue weighted by Crippen LogP contribution is 2.34. The highest BCUT2D eigenvalue weighted by Gasteiger charge is 2.30. The van der Waals surface area contributed by atoms with Crippen molar-refractivity contribution >= 4 is 62.1 Å². The van der Waals surface area contributed by atoms with Crippen LogP contribution >= 0.6 is 24.0 Å². The summed E-state index contributed by atoms with van der Waals surface area (Å²) in [6.45, 7) is 4.13. The molecule has 1 aliphatic rings. The van der Waals surface area contributed by atoms with Crippen molar-refractivity contribution in [2.24, 2.45) is 7.05 Å². The van der Waals surface area contributed by atoms with Crippen LogP contribution < -0.4 is 0 Å². The Bertz CT molecular complexity index is 1080. The largest absolute Gasteiger partial charge is 0.344 e. The Kier molecular flexibility index (Phi) is 3.98. The highest BCUT2D eigenvalue weighted by molar-refractivity contribution is 8.26. The van der Waals surface area contributed by atoms with E-state index in [2.05, 4.69) is 48.5 Å². The van der Waals surface area contributed by atoms with E-state index in [9.17, 15) is 4.79 Å². The molecule has 0 saturated carbocycles. The molecule has 1 aromatic heterocycles. The summed E-state index contributed by atoms with van der Waals surface area (Å²) < 4.78 is 2.78. The molecule has 3 nitrogen and oxygen atoms in total. The molecule has 2 heterocycles. The van der Waals surface area contributed by atoms with Crippen molar-refractivity contribution in [1.82, 2.24) is 9.47 Å². The fraction of sp³-hybridized carbons (Fsp3) is 0.100. The van der Waals surface area contributed by atoms with Gasteiger partial charge in [-0.3, -0.25) is 9.69 Å². The number of hydrogen-bond donors (Lipinski definition) is 0. The molecule has 124 valence electrons. The maximum Gasteiger partial charge on any atom is 0.266 e. The van der Waals surface area contributed by atoms with Gasteiger partial charge in [0.1, 0.15) is 4.32 Å². The number of aryl methyl sites for hydroxylation is 1. The second-order valence-corrected chi connectivity index (χ2v) is 7.61. The average molecular weight is 364 g/mol. The summed E-state index contributed by atoms with van der Waals surface area (Å²) in [5, 5.41) is 2.41. The van der Waals surface area contributed by atoms with Gasteiger partial charge in [-0.05, 0) is 29.8 Å². The van der Waals surface area contributed by atoms with Crippen LogP contribution in [0.1, 0.15) is 5.56 Å². The SMILES string of the molecule is C=CCN1C(=O)C(=Cc2ccc3c(c2)c2ccccc2n3C)SC1=S. The number of aromatic nitrogens is 1. The van der Waals surface area contributed by atoms with Crippen LogP contribution in [0.3, 0.4) is 0 Å². The number of carbonyl (C=O) groups is 1. The zero-order valence-corrected chi connectivity index (χ0v) is 15.4. The van der Waals surface area contributed by atoms with Crippen molar-refractivity contribution in [3.05, 3.63) is 65.6 Å². The summed E-state index contributed by atoms with van der Waals surface area (Å²) in [4.78, 5) is 14.7. The molecule has 3 aromatic rings. The van der Waals surface area contributed by atoms with E-state index in [1.807, 2.05) is 18.2 Å². The van der Waals surface area contributed by atoms with Gasteiger partial charge >= 0.3 is 0 Å². The summed E-state index contributed by atoms with van der Waals surface area (Å²) in [7, 11) is 2.07. The van der Waals surface area contributed by atoms with E-state index in [1.165, 1.54) is 33.6 Å². The van der Waals surface area contributed by atoms with E-state index < -0.39 is 0 Å². The van der Waals surface area contributed by atoms with Crippen molar-refractivity contribution in [2.75, 3.05) is 6.54 Å². The molecule has 2 aromatic carbocycles. The summed E-state index contributed by atoms with van der Waals surface area (Å²) >= 11 is 6.64. The number of hydrogen-bond acceptors (Lipinski definition) is 3. The van der Waals surface area contributed by atoms with Gasteiger partial charge in [-0.1, -0.05) is 54.3 Å². The van der Waals surface area contributed by atoms with Crippen molar-refractivity contribution in [3.63, 3.8) is 0 Å². The Hall–Kier alpha value is -2.37. The number of amides is 1. The standard InChI is InChI=1S/C20H16N2OS2/c1-3-10-22-19(23)18(25-20(22)24)12-13-8-9-17-15(11-13)14-6-4-5-7-16(14)21(17)2/h3-9,11-12H,1,10H2,2H3. The first-order valence-corrected chi connectivity index (χ1v) is 9.16. The minimum absolute atomic E-state index is 0.0482. The first kappa shape index (κ1) is 16.1. The Morgan fingerprint density at radius 1 is 1.16 bits per heavy atom. The second-order valence-electron chi connectivity index (χ2n) is 5.93. The molecule has 5 heteroatoms. The van der Waals surface area contributed by atoms with E-state index >= 15 is 0 Å². The van der Waals surface area contributed by atoms with Crippen LogP contribution in [0.4, 0.5) is 0 Å². The van der Waals surface area contributed by atoms with E-state index in [0.29, 0.717) is 15.8 Å². The lowest BCUT2D eigenvalue weighted by Crippen LogP contribution is -2.27. The lowest BCUT2D eigenvalue weighted by Gasteiger charge is -2.10. The number of benzene rings is 2. The Labute approximate surface area is 155 Å². The van der Waals surface area contributed by atoms with Crippen LogP contribution in [0, 0.1) is 0 Å². The molecule has 4 rings (SSSR count). The van der Waals surface area contributed by atoms with Gasteiger partial charge in [0, 0.05) is 35.4 Å². The number of fused-ring (bicyclic) bond motifs is 3. The molecule has 1 aliphatic heterocycles. The number of thioether (sulfide) groups is 1. The van der Waals surface area contributed by atoms with Crippen molar-refractivity contribution in [3.8, 4) is 0 Å². The summed E-state index contributed by atoms with van der Waals surface area (Å²) in [6.07, 6.45) is 3.61. The Balaban J connectivity index is 1.80. The number of thiocarbonyl (C=S) groups is 1. The predicted molar refractivity (Wildman–Crippen MR) is 111 cm³/mol. The van der Waals surface area contributed by atoms with E-state index in [0.717, 1.165) is 5.56 Å². The van der Waals surface area contributed by atoms with Gasteiger partial charge < -0.3 is 4.57 Å². The monoisotopic (exact) mass is 364 g/mol. The van der Waals surface area contributed by atoms with Crippen LogP contribution in [0.5, 0.6) is 0 Å². The molecule has 0 bridgehead atoms. The minimum Gasteiger partial charge on any atom is -0.344 e. The highest BCUT2D eigenvalue weighted by atomic mass is 32.2. The molecule has 25 heavy (non-hydrogen) atoms. The van der Waals surface area contributed by atoms with Gasteiger partial charge in [-0.25, -0.2) is 0 Å². The van der Waals surface area contributed by atoms with Crippen LogP contribution in [0.25, 0.3) is 27.9 Å². The van der Waals surface area contributed by atoms with Crippen LogP contribution in [0.2, 0.25) is 0 Å². The zero-order valence-electron chi connectivity index (χ0n) is 13.7. The van der Waals surface area contributed by atoms with E-state index in [1.54, 1.807) is 11.0 Å². The Morgan fingerprint density at radius 3 is 2.72 bits per heavy atom. The third-order valence-electron chi connectivity index (χ3n) is 4.42. The third-order valence-corrected chi connectivity index (χ3v) is 5.80. The van der Waals surface area contributed by atoms with Gasteiger partial charge in [0.05, 0.1) is 4.91 Å². The van der Waals surface area contributed by atoms with Crippen molar-refractivity contribution in [1.29, 1.82) is 0 Å². The van der Waals surface area contributed by atoms with Crippen LogP contribution in [-0.2, 0) is 11.8 Å². The molecule has 1 saturated heterocycles. The first-order valence-electron chi connectivity index (χ1n) is 7.93. The maximum atomic E-state index is 12.5. The van der Waals surface area contributed by atoms with Gasteiger partial charge in [0.25, 0.3) is 5.91 Å². The molecule has 0 radical (unpaired) electrons. The number of rotatable bonds is 3. The van der Waals surface area contributed by atoms with E-state index in [-0.39, 0.29) is 5.91 Å². The molecule has 1 amide bonds. The van der Waals surface area contributed by atoms with Gasteiger partial charge in [0.15, 0.2) is 0 Å². The molecule has 0 atom stereocenters. The lowest BCUT2D eigenvalue weighted by molar-refractivity contribution is -0.121. The molecule has 0 unspecified atom stereocenters. The summed E-state index contributed by atoms with van der Waals surface area (Å²) in [5.41, 5.74) is 3.38. The van der Waals surface area contributed by atoms with Gasteiger partial charge in [0.2, 0.25) is 0 Å². The third kappa shape index (κ3) is 2.60. The van der Waals surface area contributed by atoms with E-state index in [4.69, 9.17) is 12.2 Å². The van der Waals surface area contributed by atoms with Gasteiger partial charge in [-0.15, -0.1) is 6.58 Å². The molecular formula is C20H16N2OS2. The number of nitrogens with zero attached hydrogens (tertiary/aromatic N) is 2. The van der Waals surface area contributed by atoms with Crippen molar-refractivity contribution < 1.29 is 4.79 Å². The van der Waals surface area contributed by atoms with Crippen molar-refractivity contribution in [2.45, 2.75) is 0 Å². The molecular weight excluding hydrogens is 348 g/mol. The topological polar surface area (TPSA) is 25.2 Å². The lowest BCUT2D eigenvalue weighted by atomic mass is 10.1. The molecule has 0 spiro atoms. The normalized spacial score (nSPS) is 16.5. The first-order chi connectivity index (χ1) is 12.1. The van der Waals surface area contributed by atoms with Crippen LogP contribution in [0.15, 0.2) is 60.0 Å². The number of carbonyl (C=O) groups excluding carboxylic acids is 1. The number of para-hydroxylation sites is 1. The smallest absolute Gasteiger partial charge is 0.266 e. The van der Waals surface area contributed by atoms with Crippen LogP contribution in [-0.4, -0.2) is 26.2 Å². The second kappa shape index (κ2) is 6.17. The quantitative estimate of drug-likeness (QED) is 0.382. The molecule has 0 aliphatic carbocycles. The fourth-order valence-corrected chi connectivity index (χ4v) is 4.49. The maximum absolute atomic E-state index is 12.5. The average Bonchev–Trinajstić information content (AvgIpc) is 3.05. The summed E-state index contributed by atoms with van der Waals surface area (Å²) in [5.74, 6) is -0.0482.